The van der Waals surface area contributed by atoms with Crippen LogP contribution in [0.4, 0.5) is 8.78 Å². The average molecular weight is 428 g/mol. The first-order chi connectivity index (χ1) is 14.5. The Morgan fingerprint density at radius 1 is 1.20 bits per heavy atom. The van der Waals surface area contributed by atoms with Gasteiger partial charge in [-0.3, -0.25) is 4.99 Å². The van der Waals surface area contributed by atoms with Crippen LogP contribution < -0.4 is 20.1 Å². The van der Waals surface area contributed by atoms with Crippen LogP contribution in [0.2, 0.25) is 0 Å². The van der Waals surface area contributed by atoms with Crippen LogP contribution in [0.15, 0.2) is 23.2 Å². The number of hydrogen-bond acceptors (Lipinski definition) is 5. The maximum Gasteiger partial charge on any atom is 0.387 e. The molecular formula is C21H35F2N5O2. The van der Waals surface area contributed by atoms with Crippen LogP contribution in [0.3, 0.4) is 0 Å². The molecule has 2 rings (SSSR count). The first kappa shape index (κ1) is 24.1. The van der Waals surface area contributed by atoms with E-state index in [9.17, 15) is 8.78 Å². The molecule has 1 heterocycles. The number of rotatable bonds is 10. The number of alkyl halides is 2. The minimum absolute atomic E-state index is 0.107. The molecule has 0 unspecified atom stereocenters. The molecule has 1 fully saturated rings. The number of hydrogen-bond donors (Lipinski definition) is 2. The first-order valence-electron chi connectivity index (χ1n) is 10.6. The summed E-state index contributed by atoms with van der Waals surface area (Å²) in [4.78, 5) is 9.01. The molecule has 9 heteroatoms. The van der Waals surface area contributed by atoms with E-state index >= 15 is 0 Å². The molecule has 1 aliphatic rings. The fourth-order valence-electron chi connectivity index (χ4n) is 3.25. The van der Waals surface area contributed by atoms with Gasteiger partial charge in [0.15, 0.2) is 5.96 Å². The molecule has 1 aliphatic heterocycles. The minimum Gasteiger partial charge on any atom is -0.493 e. The lowest BCUT2D eigenvalue weighted by Gasteiger charge is -2.21. The summed E-state index contributed by atoms with van der Waals surface area (Å²) in [6, 6.07) is 5.00. The molecule has 1 aromatic carbocycles. The second-order valence-corrected chi connectivity index (χ2v) is 7.35. The first-order valence-corrected chi connectivity index (χ1v) is 10.6. The number of guanidine groups is 1. The summed E-state index contributed by atoms with van der Waals surface area (Å²) in [5.74, 6) is 1.24. The van der Waals surface area contributed by atoms with Gasteiger partial charge in [-0.2, -0.15) is 8.78 Å². The molecule has 0 bridgehead atoms. The zero-order valence-corrected chi connectivity index (χ0v) is 18.3. The van der Waals surface area contributed by atoms with Crippen molar-refractivity contribution in [1.82, 2.24) is 20.4 Å². The van der Waals surface area contributed by atoms with Gasteiger partial charge in [0.05, 0.1) is 6.61 Å². The van der Waals surface area contributed by atoms with E-state index in [-0.39, 0.29) is 5.75 Å². The van der Waals surface area contributed by atoms with Gasteiger partial charge in [-0.15, -0.1) is 0 Å². The Morgan fingerprint density at radius 3 is 2.77 bits per heavy atom. The molecule has 7 nitrogen and oxygen atoms in total. The summed E-state index contributed by atoms with van der Waals surface area (Å²) in [6.07, 6.45) is 2.01. The van der Waals surface area contributed by atoms with E-state index in [1.54, 1.807) is 19.2 Å². The zero-order chi connectivity index (χ0) is 21.8. The van der Waals surface area contributed by atoms with E-state index in [1.165, 1.54) is 12.5 Å². The summed E-state index contributed by atoms with van der Waals surface area (Å²) >= 11 is 0. The standard InChI is InChI=1S/C21H35F2N5O2/c1-4-14-29-18-7-6-17(19(15-18)30-20(22)23)16-26-21(24-2)25-8-11-28-10-5-9-27(3)12-13-28/h6-7,15,20H,4-5,8-14,16H2,1-3H3,(H2,24,25,26). The van der Waals surface area contributed by atoms with Gasteiger partial charge in [0.25, 0.3) is 0 Å². The van der Waals surface area contributed by atoms with Crippen LogP contribution in [0.1, 0.15) is 25.3 Å². The van der Waals surface area contributed by atoms with Crippen LogP contribution >= 0.6 is 0 Å². The minimum atomic E-state index is -2.89. The van der Waals surface area contributed by atoms with Crippen LogP contribution in [0.5, 0.6) is 11.5 Å². The predicted molar refractivity (Wildman–Crippen MR) is 116 cm³/mol. The van der Waals surface area contributed by atoms with E-state index in [0.717, 1.165) is 45.7 Å². The summed E-state index contributed by atoms with van der Waals surface area (Å²) in [6.45, 7) is 5.99. The fourth-order valence-corrected chi connectivity index (χ4v) is 3.25. The number of nitrogens with zero attached hydrogens (tertiary/aromatic N) is 3. The molecular weight excluding hydrogens is 392 g/mol. The van der Waals surface area contributed by atoms with E-state index in [4.69, 9.17) is 4.74 Å². The van der Waals surface area contributed by atoms with Gasteiger partial charge in [-0.25, -0.2) is 0 Å². The monoisotopic (exact) mass is 427 g/mol. The Hall–Kier alpha value is -2.13. The Bertz CT molecular complexity index is 660. The van der Waals surface area contributed by atoms with Crippen molar-refractivity contribution in [3.8, 4) is 11.5 Å². The van der Waals surface area contributed by atoms with Crippen molar-refractivity contribution in [2.45, 2.75) is 32.9 Å². The highest BCUT2D eigenvalue weighted by atomic mass is 19.3. The van der Waals surface area contributed by atoms with Gasteiger partial charge in [-0.05, 0) is 45.1 Å². The van der Waals surface area contributed by atoms with Gasteiger partial charge in [0, 0.05) is 51.4 Å². The molecule has 0 saturated carbocycles. The van der Waals surface area contributed by atoms with Crippen molar-refractivity contribution in [2.75, 3.05) is 60.0 Å². The molecule has 1 saturated heterocycles. The van der Waals surface area contributed by atoms with Crippen LogP contribution in [0, 0.1) is 0 Å². The Morgan fingerprint density at radius 2 is 2.03 bits per heavy atom. The van der Waals surface area contributed by atoms with Gasteiger partial charge in [0.2, 0.25) is 0 Å². The SMILES string of the molecule is CCCOc1ccc(CNC(=NC)NCCN2CCCN(C)CC2)c(OC(F)F)c1. The molecule has 1 aromatic rings. The fraction of sp³-hybridized carbons (Fsp3) is 0.667. The van der Waals surface area contributed by atoms with Crippen molar-refractivity contribution >= 4 is 5.96 Å². The molecule has 170 valence electrons. The molecule has 0 aromatic heterocycles. The van der Waals surface area contributed by atoms with Crippen molar-refractivity contribution in [1.29, 1.82) is 0 Å². The summed E-state index contributed by atoms with van der Waals surface area (Å²) in [7, 11) is 3.84. The van der Waals surface area contributed by atoms with E-state index < -0.39 is 6.61 Å². The maximum absolute atomic E-state index is 12.8. The van der Waals surface area contributed by atoms with Gasteiger partial charge in [0.1, 0.15) is 11.5 Å². The van der Waals surface area contributed by atoms with Crippen LogP contribution in [-0.4, -0.2) is 82.3 Å². The van der Waals surface area contributed by atoms with Crippen molar-refractivity contribution < 1.29 is 18.3 Å². The quantitative estimate of drug-likeness (QED) is 0.442. The zero-order valence-electron chi connectivity index (χ0n) is 18.3. The summed E-state index contributed by atoms with van der Waals surface area (Å²) < 4.78 is 35.8. The third-order valence-electron chi connectivity index (χ3n) is 4.93. The lowest BCUT2D eigenvalue weighted by molar-refractivity contribution is -0.0505. The lowest BCUT2D eigenvalue weighted by atomic mass is 10.2. The summed E-state index contributed by atoms with van der Waals surface area (Å²) in [5.41, 5.74) is 0.609. The second-order valence-electron chi connectivity index (χ2n) is 7.35. The summed E-state index contributed by atoms with van der Waals surface area (Å²) in [5, 5.41) is 6.45. The smallest absolute Gasteiger partial charge is 0.387 e. The average Bonchev–Trinajstić information content (AvgIpc) is 2.93. The maximum atomic E-state index is 12.8. The predicted octanol–water partition coefficient (Wildman–Crippen LogP) is 2.38. The number of aliphatic imine (C=N–C) groups is 1. The van der Waals surface area contributed by atoms with Crippen molar-refractivity contribution in [3.05, 3.63) is 23.8 Å². The van der Waals surface area contributed by atoms with Crippen molar-refractivity contribution in [3.63, 3.8) is 0 Å². The Balaban J connectivity index is 1.85. The molecule has 0 radical (unpaired) electrons. The third-order valence-corrected chi connectivity index (χ3v) is 4.93. The highest BCUT2D eigenvalue weighted by Crippen LogP contribution is 2.26. The molecule has 0 atom stereocenters. The normalized spacial score (nSPS) is 16.4. The second kappa shape index (κ2) is 13.2. The van der Waals surface area contributed by atoms with Gasteiger partial charge >= 0.3 is 6.61 Å². The topological polar surface area (TPSA) is 61.4 Å². The van der Waals surface area contributed by atoms with Crippen LogP contribution in [-0.2, 0) is 6.54 Å². The highest BCUT2D eigenvalue weighted by Gasteiger charge is 2.13. The van der Waals surface area contributed by atoms with E-state index in [1.807, 2.05) is 6.92 Å². The molecule has 0 aliphatic carbocycles. The molecule has 30 heavy (non-hydrogen) atoms. The number of benzene rings is 1. The van der Waals surface area contributed by atoms with Crippen molar-refractivity contribution in [2.24, 2.45) is 4.99 Å². The van der Waals surface area contributed by atoms with Gasteiger partial charge in [-0.1, -0.05) is 6.92 Å². The Labute approximate surface area is 178 Å². The highest BCUT2D eigenvalue weighted by molar-refractivity contribution is 5.79. The number of nitrogens with one attached hydrogen (secondary N) is 2. The lowest BCUT2D eigenvalue weighted by Crippen LogP contribution is -2.42. The number of ether oxygens (including phenoxy) is 2. The molecule has 0 amide bonds. The largest absolute Gasteiger partial charge is 0.493 e. The Kier molecular flexibility index (Phi) is 10.6. The van der Waals surface area contributed by atoms with Gasteiger partial charge < -0.3 is 29.9 Å². The van der Waals surface area contributed by atoms with E-state index in [0.29, 0.717) is 30.4 Å². The molecule has 2 N–H and O–H groups in total. The third kappa shape index (κ3) is 8.71. The number of likely N-dealkylation sites (N-methyl/N-ethyl adjacent to an activating group) is 1. The van der Waals surface area contributed by atoms with E-state index in [2.05, 4.69) is 37.2 Å². The molecule has 0 spiro atoms. The van der Waals surface area contributed by atoms with Crippen LogP contribution in [0.25, 0.3) is 0 Å². The number of halogens is 2.